The molecule has 0 aromatic carbocycles. The van der Waals surface area contributed by atoms with Crippen LogP contribution in [0.5, 0.6) is 0 Å². The number of hydrogen-bond donors (Lipinski definition) is 2. The molecule has 0 aliphatic heterocycles. The predicted octanol–water partition coefficient (Wildman–Crippen LogP) is 2.23. The van der Waals surface area contributed by atoms with Gasteiger partial charge in [0.25, 0.3) is 0 Å². The molecule has 0 saturated carbocycles. The van der Waals surface area contributed by atoms with Crippen molar-refractivity contribution in [2.24, 2.45) is 0 Å². The molecule has 0 radical (unpaired) electrons. The molecule has 1 aromatic rings. The molecule has 0 saturated heterocycles. The van der Waals surface area contributed by atoms with Crippen molar-refractivity contribution >= 4 is 28.2 Å². The van der Waals surface area contributed by atoms with Crippen molar-refractivity contribution in [2.75, 3.05) is 31.4 Å². The third-order valence-corrected chi connectivity index (χ3v) is 5.17. The lowest BCUT2D eigenvalue weighted by Crippen LogP contribution is -2.49. The summed E-state index contributed by atoms with van der Waals surface area (Å²) < 4.78 is 1.01. The topological polar surface area (TPSA) is 61.3 Å². The number of aliphatic hydroxyl groups is 1. The normalized spacial score (nSPS) is 14.6. The van der Waals surface area contributed by atoms with E-state index >= 15 is 0 Å². The summed E-state index contributed by atoms with van der Waals surface area (Å²) in [5.41, 5.74) is -0.190. The van der Waals surface area contributed by atoms with E-state index in [2.05, 4.69) is 36.3 Å². The van der Waals surface area contributed by atoms with Gasteiger partial charge in [-0.15, -0.1) is 10.2 Å². The largest absolute Gasteiger partial charge is 0.394 e. The van der Waals surface area contributed by atoms with Gasteiger partial charge in [0.1, 0.15) is 0 Å². The Morgan fingerprint density at radius 2 is 2.10 bits per heavy atom. The highest BCUT2D eigenvalue weighted by atomic mass is 32.2. The van der Waals surface area contributed by atoms with Gasteiger partial charge in [-0.1, -0.05) is 36.9 Å². The number of nitrogens with one attached hydrogen (secondary N) is 1. The molecule has 1 unspecified atom stereocenters. The first kappa shape index (κ1) is 17.7. The lowest BCUT2D eigenvalue weighted by Gasteiger charge is -2.31. The molecule has 20 heavy (non-hydrogen) atoms. The number of aliphatic hydroxyl groups excluding tert-OH is 1. The van der Waals surface area contributed by atoms with Gasteiger partial charge >= 0.3 is 0 Å². The zero-order chi connectivity index (χ0) is 15.2. The first-order chi connectivity index (χ1) is 9.36. The van der Waals surface area contributed by atoms with Crippen molar-refractivity contribution in [2.45, 2.75) is 49.5 Å². The highest BCUT2D eigenvalue weighted by Crippen LogP contribution is 2.28. The quantitative estimate of drug-likeness (QED) is 0.538. The van der Waals surface area contributed by atoms with Crippen LogP contribution in [0.1, 0.15) is 33.6 Å². The van der Waals surface area contributed by atoms with Crippen molar-refractivity contribution in [3.63, 3.8) is 0 Å². The van der Waals surface area contributed by atoms with Crippen molar-refractivity contribution in [3.8, 4) is 0 Å². The van der Waals surface area contributed by atoms with Gasteiger partial charge < -0.3 is 15.3 Å². The van der Waals surface area contributed by atoms with Crippen LogP contribution in [0.15, 0.2) is 4.34 Å². The second kappa shape index (κ2) is 8.17. The summed E-state index contributed by atoms with van der Waals surface area (Å²) >= 11 is 3.35. The molecule has 116 valence electrons. The fourth-order valence-corrected chi connectivity index (χ4v) is 3.73. The van der Waals surface area contributed by atoms with Crippen LogP contribution in [0.4, 0.5) is 5.13 Å². The molecule has 0 aliphatic carbocycles. The molecule has 2 N–H and O–H groups in total. The van der Waals surface area contributed by atoms with Crippen LogP contribution in [0.3, 0.4) is 0 Å². The number of rotatable bonds is 9. The van der Waals surface area contributed by atoms with E-state index < -0.39 is 0 Å². The standard InChI is InChI=1S/C13H26N4OS2/c1-10(2)14-13(3,9-18)7-6-8-19-12-16-15-11(20-12)17(4)5/h10,14,18H,6-9H2,1-5H3. The van der Waals surface area contributed by atoms with Crippen LogP contribution >= 0.6 is 23.1 Å². The van der Waals surface area contributed by atoms with Gasteiger partial charge in [0, 0.05) is 31.4 Å². The summed E-state index contributed by atoms with van der Waals surface area (Å²) in [6.45, 7) is 6.45. The molecule has 0 fully saturated rings. The molecular formula is C13H26N4OS2. The fourth-order valence-electron chi connectivity index (χ4n) is 1.96. The summed E-state index contributed by atoms with van der Waals surface area (Å²) in [6.07, 6.45) is 1.99. The highest BCUT2D eigenvalue weighted by molar-refractivity contribution is 8.01. The van der Waals surface area contributed by atoms with Gasteiger partial charge in [-0.25, -0.2) is 0 Å². The van der Waals surface area contributed by atoms with Gasteiger partial charge in [-0.2, -0.15) is 0 Å². The van der Waals surface area contributed by atoms with E-state index in [1.807, 2.05) is 19.0 Å². The fraction of sp³-hybridized carbons (Fsp3) is 0.846. The van der Waals surface area contributed by atoms with Gasteiger partial charge in [-0.3, -0.25) is 0 Å². The molecule has 5 nitrogen and oxygen atoms in total. The summed E-state index contributed by atoms with van der Waals surface area (Å²) in [7, 11) is 3.94. The molecule has 1 rings (SSSR count). The van der Waals surface area contributed by atoms with Crippen molar-refractivity contribution < 1.29 is 5.11 Å². The SMILES string of the molecule is CC(C)NC(C)(CO)CCCSc1nnc(N(C)C)s1. The van der Waals surface area contributed by atoms with Crippen LogP contribution < -0.4 is 10.2 Å². The van der Waals surface area contributed by atoms with Gasteiger partial charge in [0.05, 0.1) is 6.61 Å². The number of nitrogens with zero attached hydrogens (tertiary/aromatic N) is 3. The van der Waals surface area contributed by atoms with E-state index in [0.717, 1.165) is 28.1 Å². The lowest BCUT2D eigenvalue weighted by atomic mass is 9.96. The smallest absolute Gasteiger partial charge is 0.208 e. The summed E-state index contributed by atoms with van der Waals surface area (Å²) in [6, 6.07) is 0.380. The Balaban J connectivity index is 2.32. The number of anilines is 1. The Hall–Kier alpha value is -0.370. The summed E-state index contributed by atoms with van der Waals surface area (Å²) in [4.78, 5) is 1.97. The molecule has 0 amide bonds. The first-order valence-electron chi connectivity index (χ1n) is 6.88. The molecule has 0 aliphatic rings. The maximum Gasteiger partial charge on any atom is 0.208 e. The number of hydrogen-bond acceptors (Lipinski definition) is 7. The number of thioether (sulfide) groups is 1. The Labute approximate surface area is 130 Å². The highest BCUT2D eigenvalue weighted by Gasteiger charge is 2.23. The monoisotopic (exact) mass is 318 g/mol. The summed E-state index contributed by atoms with van der Waals surface area (Å²) in [5, 5.41) is 22.2. The Morgan fingerprint density at radius 1 is 1.40 bits per heavy atom. The van der Waals surface area contributed by atoms with E-state index in [-0.39, 0.29) is 12.1 Å². The molecular weight excluding hydrogens is 292 g/mol. The molecule has 1 atom stereocenters. The van der Waals surface area contributed by atoms with Crippen LogP contribution in [0.25, 0.3) is 0 Å². The molecule has 7 heteroatoms. The van der Waals surface area contributed by atoms with Gasteiger partial charge in [0.2, 0.25) is 5.13 Å². The Bertz CT molecular complexity index is 397. The second-order valence-electron chi connectivity index (χ2n) is 5.71. The molecule has 0 bridgehead atoms. The molecule has 0 spiro atoms. The average Bonchev–Trinajstić information content (AvgIpc) is 2.83. The van der Waals surface area contributed by atoms with Crippen LogP contribution in [-0.4, -0.2) is 53.3 Å². The predicted molar refractivity (Wildman–Crippen MR) is 88.0 cm³/mol. The van der Waals surface area contributed by atoms with E-state index in [1.165, 1.54) is 0 Å². The minimum Gasteiger partial charge on any atom is -0.394 e. The third-order valence-electron chi connectivity index (χ3n) is 2.86. The average molecular weight is 319 g/mol. The van der Waals surface area contributed by atoms with Crippen molar-refractivity contribution in [1.82, 2.24) is 15.5 Å². The number of aromatic nitrogens is 2. The first-order valence-corrected chi connectivity index (χ1v) is 8.69. The van der Waals surface area contributed by atoms with Gasteiger partial charge in [-0.05, 0) is 19.8 Å². The summed E-state index contributed by atoms with van der Waals surface area (Å²) in [5.74, 6) is 0.997. The van der Waals surface area contributed by atoms with Crippen molar-refractivity contribution in [1.29, 1.82) is 0 Å². The molecule has 1 heterocycles. The van der Waals surface area contributed by atoms with Crippen LogP contribution in [0, 0.1) is 0 Å². The zero-order valence-electron chi connectivity index (χ0n) is 13.0. The third kappa shape index (κ3) is 5.95. The van der Waals surface area contributed by atoms with E-state index in [9.17, 15) is 5.11 Å². The maximum atomic E-state index is 9.52. The van der Waals surface area contributed by atoms with E-state index in [1.54, 1.807) is 23.1 Å². The van der Waals surface area contributed by atoms with Gasteiger partial charge in [0.15, 0.2) is 4.34 Å². The zero-order valence-corrected chi connectivity index (χ0v) is 14.6. The van der Waals surface area contributed by atoms with Crippen molar-refractivity contribution in [3.05, 3.63) is 0 Å². The Kier molecular flexibility index (Phi) is 7.22. The second-order valence-corrected chi connectivity index (χ2v) is 8.01. The molecule has 1 aromatic heterocycles. The van der Waals surface area contributed by atoms with Crippen LogP contribution in [0.2, 0.25) is 0 Å². The Morgan fingerprint density at radius 3 is 2.60 bits per heavy atom. The minimum absolute atomic E-state index is 0.166. The van der Waals surface area contributed by atoms with Crippen LogP contribution in [-0.2, 0) is 0 Å². The van der Waals surface area contributed by atoms with E-state index in [0.29, 0.717) is 6.04 Å². The lowest BCUT2D eigenvalue weighted by molar-refractivity contribution is 0.156. The van der Waals surface area contributed by atoms with E-state index in [4.69, 9.17) is 0 Å². The minimum atomic E-state index is -0.190. The maximum absolute atomic E-state index is 9.52.